The first-order valence-corrected chi connectivity index (χ1v) is 13.1. The molecule has 0 aromatic heterocycles. The number of esters is 2. The number of halogens is 3. The molecule has 0 saturated heterocycles. The number of carbonyl (C=O) groups excluding carboxylic acids is 3. The summed E-state index contributed by atoms with van der Waals surface area (Å²) in [5, 5.41) is -0.559. The zero-order valence-corrected chi connectivity index (χ0v) is 23.2. The van der Waals surface area contributed by atoms with Crippen LogP contribution in [0.5, 0.6) is 5.75 Å². The molecule has 3 rings (SSSR count). The zero-order valence-electron chi connectivity index (χ0n) is 22.4. The highest BCUT2D eigenvalue weighted by atomic mass is 32.2. The average Bonchev–Trinajstić information content (AvgIpc) is 2.86. The molecule has 212 valence electrons. The van der Waals surface area contributed by atoms with E-state index in [1.165, 1.54) is 19.1 Å². The van der Waals surface area contributed by atoms with Crippen LogP contribution in [0.3, 0.4) is 0 Å². The minimum absolute atomic E-state index is 0.280. The second-order valence-electron chi connectivity index (χ2n) is 9.90. The van der Waals surface area contributed by atoms with Crippen LogP contribution < -0.4 is 4.74 Å². The van der Waals surface area contributed by atoms with Crippen LogP contribution in [0.4, 0.5) is 13.2 Å². The van der Waals surface area contributed by atoms with Gasteiger partial charge in [-0.2, -0.15) is 0 Å². The molecular weight excluding hydrogens is 545 g/mol. The van der Waals surface area contributed by atoms with Gasteiger partial charge in [0.2, 0.25) is 4.75 Å². The highest BCUT2D eigenvalue weighted by Gasteiger charge is 2.53. The molecule has 3 aromatic rings. The number of hydrogen-bond donors (Lipinski definition) is 0. The van der Waals surface area contributed by atoms with E-state index >= 15 is 0 Å². The van der Waals surface area contributed by atoms with Gasteiger partial charge in [0.05, 0.1) is 0 Å². The maximum Gasteiger partial charge on any atom is 0.573 e. The fourth-order valence-electron chi connectivity index (χ4n) is 3.84. The van der Waals surface area contributed by atoms with Crippen LogP contribution in [0, 0.1) is 0 Å². The van der Waals surface area contributed by atoms with E-state index in [4.69, 9.17) is 9.47 Å². The highest BCUT2D eigenvalue weighted by molar-refractivity contribution is 8.16. The van der Waals surface area contributed by atoms with Gasteiger partial charge in [0.15, 0.2) is 11.2 Å². The molecule has 0 fully saturated rings. The number of rotatable bonds is 9. The molecule has 0 unspecified atom stereocenters. The normalized spacial score (nSPS) is 13.3. The molecule has 0 aliphatic heterocycles. The van der Waals surface area contributed by atoms with Crippen LogP contribution in [0.15, 0.2) is 84.9 Å². The fourth-order valence-corrected chi connectivity index (χ4v) is 4.82. The maximum absolute atomic E-state index is 14.1. The molecule has 0 bridgehead atoms. The van der Waals surface area contributed by atoms with Crippen LogP contribution in [-0.4, -0.2) is 33.8 Å². The van der Waals surface area contributed by atoms with E-state index < -0.39 is 52.0 Å². The number of carbonyl (C=O) groups is 3. The van der Waals surface area contributed by atoms with Crippen molar-refractivity contribution in [2.45, 2.75) is 56.9 Å². The van der Waals surface area contributed by atoms with Gasteiger partial charge in [0.25, 0.3) is 0 Å². The Morgan fingerprint density at radius 3 is 1.70 bits per heavy atom. The van der Waals surface area contributed by atoms with Crippen molar-refractivity contribution in [3.8, 4) is 5.75 Å². The standard InChI is InChI=1S/C30H29F3O6S/c1-20(34)40-29(27(36)39-28(2,3)4,19-21-15-17-24(18-16-21)38-30(31,32)33)26(35)37-25(22-11-7-5-8-12-22)23-13-9-6-10-14-23/h5-18,25H,19H2,1-4H3/t29-/m1/s1. The molecule has 0 amide bonds. The van der Waals surface area contributed by atoms with Crippen molar-refractivity contribution in [3.63, 3.8) is 0 Å². The van der Waals surface area contributed by atoms with E-state index in [1.54, 1.807) is 81.4 Å². The van der Waals surface area contributed by atoms with E-state index in [1.807, 2.05) is 0 Å². The molecule has 40 heavy (non-hydrogen) atoms. The van der Waals surface area contributed by atoms with Gasteiger partial charge in [-0.25, -0.2) is 9.59 Å². The lowest BCUT2D eigenvalue weighted by atomic mass is 9.96. The SMILES string of the molecule is CC(=O)S[C@](Cc1ccc(OC(F)(F)F)cc1)(C(=O)OC(c1ccccc1)c1ccccc1)C(=O)OC(C)(C)C. The Kier molecular flexibility index (Phi) is 9.68. The summed E-state index contributed by atoms with van der Waals surface area (Å²) >= 11 is 0.446. The Bertz CT molecular complexity index is 1270. The van der Waals surface area contributed by atoms with Crippen molar-refractivity contribution < 1.29 is 41.8 Å². The minimum atomic E-state index is -4.89. The van der Waals surface area contributed by atoms with Crippen molar-refractivity contribution in [2.24, 2.45) is 0 Å². The average molecular weight is 575 g/mol. The lowest BCUT2D eigenvalue weighted by molar-refractivity contribution is -0.274. The lowest BCUT2D eigenvalue weighted by Gasteiger charge is -2.33. The van der Waals surface area contributed by atoms with Crippen molar-refractivity contribution in [2.75, 3.05) is 0 Å². The third kappa shape index (κ3) is 8.61. The van der Waals surface area contributed by atoms with Gasteiger partial charge in [-0.3, -0.25) is 4.79 Å². The molecule has 6 nitrogen and oxygen atoms in total. The maximum atomic E-state index is 14.1. The van der Waals surface area contributed by atoms with Crippen molar-refractivity contribution in [3.05, 3.63) is 102 Å². The summed E-state index contributed by atoms with van der Waals surface area (Å²) in [6, 6.07) is 22.4. The Morgan fingerprint density at radius 2 is 1.27 bits per heavy atom. The molecule has 0 N–H and O–H groups in total. The molecule has 0 radical (unpaired) electrons. The second kappa shape index (κ2) is 12.6. The number of alkyl halides is 3. The summed E-state index contributed by atoms with van der Waals surface area (Å²) in [6.07, 6.45) is -6.21. The minimum Gasteiger partial charge on any atom is -0.458 e. The molecule has 0 aliphatic carbocycles. The van der Waals surface area contributed by atoms with Gasteiger partial charge in [0.1, 0.15) is 11.4 Å². The third-order valence-electron chi connectivity index (χ3n) is 5.42. The predicted molar refractivity (Wildman–Crippen MR) is 144 cm³/mol. The molecule has 0 spiro atoms. The topological polar surface area (TPSA) is 78.9 Å². The zero-order chi connectivity index (χ0) is 29.6. The largest absolute Gasteiger partial charge is 0.573 e. The molecular formula is C30H29F3O6S. The summed E-state index contributed by atoms with van der Waals surface area (Å²) in [7, 11) is 0. The number of ether oxygens (including phenoxy) is 3. The third-order valence-corrected chi connectivity index (χ3v) is 6.53. The van der Waals surface area contributed by atoms with Crippen LogP contribution in [0.2, 0.25) is 0 Å². The van der Waals surface area contributed by atoms with Crippen molar-refractivity contribution >= 4 is 28.8 Å². The van der Waals surface area contributed by atoms with Crippen LogP contribution in [-0.2, 0) is 30.3 Å². The summed E-state index contributed by atoms with van der Waals surface area (Å²) in [5.74, 6) is -2.52. The quantitative estimate of drug-likeness (QED) is 0.205. The Hall–Kier alpha value is -3.79. The van der Waals surface area contributed by atoms with Gasteiger partial charge < -0.3 is 14.2 Å². The van der Waals surface area contributed by atoms with E-state index in [0.717, 1.165) is 12.1 Å². The number of thioether (sulfide) groups is 1. The predicted octanol–water partition coefficient (Wildman–Crippen LogP) is 6.82. The first-order valence-electron chi connectivity index (χ1n) is 12.3. The van der Waals surface area contributed by atoms with Gasteiger partial charge in [-0.15, -0.1) is 13.2 Å². The number of hydrogen-bond acceptors (Lipinski definition) is 7. The number of benzene rings is 3. The first kappa shape index (κ1) is 30.7. The second-order valence-corrected chi connectivity index (χ2v) is 11.4. The van der Waals surface area contributed by atoms with Crippen LogP contribution in [0.25, 0.3) is 0 Å². The molecule has 0 aliphatic rings. The fraction of sp³-hybridized carbons (Fsp3) is 0.300. The van der Waals surface area contributed by atoms with Crippen molar-refractivity contribution in [1.29, 1.82) is 0 Å². The molecule has 0 saturated carbocycles. The van der Waals surface area contributed by atoms with Gasteiger partial charge in [0, 0.05) is 13.3 Å². The lowest BCUT2D eigenvalue weighted by Crippen LogP contribution is -2.51. The van der Waals surface area contributed by atoms with E-state index in [2.05, 4.69) is 4.74 Å². The molecule has 1 atom stereocenters. The van der Waals surface area contributed by atoms with Crippen molar-refractivity contribution in [1.82, 2.24) is 0 Å². The van der Waals surface area contributed by atoms with E-state index in [9.17, 15) is 27.6 Å². The molecule has 0 heterocycles. The monoisotopic (exact) mass is 574 g/mol. The van der Waals surface area contributed by atoms with E-state index in [-0.39, 0.29) is 5.56 Å². The Balaban J connectivity index is 2.08. The first-order chi connectivity index (χ1) is 18.7. The Labute approximate surface area is 234 Å². The molecule has 3 aromatic carbocycles. The molecule has 10 heteroatoms. The van der Waals surface area contributed by atoms with Gasteiger partial charge in [-0.1, -0.05) is 84.6 Å². The smallest absolute Gasteiger partial charge is 0.458 e. The van der Waals surface area contributed by atoms with E-state index in [0.29, 0.717) is 22.9 Å². The summed E-state index contributed by atoms with van der Waals surface area (Å²) in [4.78, 5) is 40.2. The summed E-state index contributed by atoms with van der Waals surface area (Å²) < 4.78 is 51.2. The van der Waals surface area contributed by atoms with Gasteiger partial charge in [-0.05, 0) is 49.6 Å². The Morgan fingerprint density at radius 1 is 0.775 bits per heavy atom. The van der Waals surface area contributed by atoms with Crippen LogP contribution in [0.1, 0.15) is 50.5 Å². The summed E-state index contributed by atoms with van der Waals surface area (Å²) in [5.41, 5.74) is 0.508. The van der Waals surface area contributed by atoms with Crippen LogP contribution >= 0.6 is 11.8 Å². The highest BCUT2D eigenvalue weighted by Crippen LogP contribution is 2.38. The van der Waals surface area contributed by atoms with Gasteiger partial charge >= 0.3 is 18.3 Å². The summed E-state index contributed by atoms with van der Waals surface area (Å²) in [6.45, 7) is 6.03.